The second-order valence-electron chi connectivity index (χ2n) is 7.52. The van der Waals surface area contributed by atoms with E-state index < -0.39 is 5.25 Å². The predicted molar refractivity (Wildman–Crippen MR) is 127 cm³/mol. The van der Waals surface area contributed by atoms with Crippen LogP contribution in [-0.2, 0) is 11.3 Å². The lowest BCUT2D eigenvalue weighted by Crippen LogP contribution is -2.33. The summed E-state index contributed by atoms with van der Waals surface area (Å²) in [5.74, 6) is 0.928. The van der Waals surface area contributed by atoms with E-state index in [0.29, 0.717) is 22.5 Å². The van der Waals surface area contributed by atoms with Crippen molar-refractivity contribution >= 4 is 29.3 Å². The Kier molecular flexibility index (Phi) is 7.15. The number of benzene rings is 2. The van der Waals surface area contributed by atoms with Crippen molar-refractivity contribution in [3.8, 4) is 11.4 Å². The maximum absolute atomic E-state index is 13.2. The van der Waals surface area contributed by atoms with Crippen LogP contribution >= 0.6 is 23.4 Å². The van der Waals surface area contributed by atoms with Gasteiger partial charge >= 0.3 is 0 Å². The molecule has 2 heterocycles. The van der Waals surface area contributed by atoms with Gasteiger partial charge in [0.25, 0.3) is 0 Å². The van der Waals surface area contributed by atoms with Gasteiger partial charge in [-0.25, -0.2) is 4.39 Å². The fourth-order valence-electron chi connectivity index (χ4n) is 3.27. The maximum atomic E-state index is 13.2. The first-order valence-corrected chi connectivity index (χ1v) is 11.6. The molecule has 170 valence electrons. The largest absolute Gasteiger partial charge is 0.467 e. The van der Waals surface area contributed by atoms with E-state index in [1.165, 1.54) is 23.9 Å². The van der Waals surface area contributed by atoms with Crippen molar-refractivity contribution in [1.82, 2.24) is 20.1 Å². The van der Waals surface area contributed by atoms with Gasteiger partial charge < -0.3 is 9.73 Å². The van der Waals surface area contributed by atoms with Crippen molar-refractivity contribution in [3.05, 3.63) is 89.1 Å². The van der Waals surface area contributed by atoms with Crippen LogP contribution in [-0.4, -0.2) is 25.9 Å². The summed E-state index contributed by atoms with van der Waals surface area (Å²) in [5, 5.41) is 12.5. The first kappa shape index (κ1) is 23.1. The van der Waals surface area contributed by atoms with E-state index in [0.717, 1.165) is 16.9 Å². The number of nitrogens with zero attached hydrogens (tertiary/aromatic N) is 3. The fourth-order valence-corrected chi connectivity index (χ4v) is 4.25. The number of amides is 1. The lowest BCUT2D eigenvalue weighted by atomic mass is 10.1. The molecule has 2 aromatic carbocycles. The molecule has 2 aromatic heterocycles. The van der Waals surface area contributed by atoms with Crippen molar-refractivity contribution in [2.75, 3.05) is 0 Å². The minimum Gasteiger partial charge on any atom is -0.467 e. The molecular formula is C24H22ClFN4O2S. The Hall–Kier alpha value is -3.10. The summed E-state index contributed by atoms with van der Waals surface area (Å²) in [6, 6.07) is 16.9. The highest BCUT2D eigenvalue weighted by Gasteiger charge is 2.23. The molecule has 0 aliphatic rings. The normalized spacial score (nSPS) is 13.0. The molecule has 0 saturated carbocycles. The first-order chi connectivity index (χ1) is 15.9. The van der Waals surface area contributed by atoms with Gasteiger partial charge in [-0.2, -0.15) is 0 Å². The van der Waals surface area contributed by atoms with E-state index in [4.69, 9.17) is 16.0 Å². The molecule has 0 aliphatic carbocycles. The highest BCUT2D eigenvalue weighted by molar-refractivity contribution is 8.00. The summed E-state index contributed by atoms with van der Waals surface area (Å²) in [6.07, 6.45) is 1.61. The molecule has 2 unspecified atom stereocenters. The van der Waals surface area contributed by atoms with Gasteiger partial charge in [0, 0.05) is 10.6 Å². The topological polar surface area (TPSA) is 73.0 Å². The van der Waals surface area contributed by atoms with Gasteiger partial charge in [-0.05, 0) is 67.9 Å². The second kappa shape index (κ2) is 10.2. The number of furan rings is 1. The van der Waals surface area contributed by atoms with Gasteiger partial charge in [0.2, 0.25) is 5.91 Å². The van der Waals surface area contributed by atoms with E-state index in [9.17, 15) is 9.18 Å². The molecular weight excluding hydrogens is 463 g/mol. The second-order valence-corrected chi connectivity index (χ2v) is 9.26. The Bertz CT molecular complexity index is 1210. The molecule has 1 amide bonds. The quantitative estimate of drug-likeness (QED) is 0.323. The SMILES string of the molecule is CC(Sc1nnc(-c2ccc(Cl)cc2)n1Cc1ccco1)C(=O)NC(C)c1ccc(F)cc1. The predicted octanol–water partition coefficient (Wildman–Crippen LogP) is 5.74. The summed E-state index contributed by atoms with van der Waals surface area (Å²) in [5.41, 5.74) is 1.68. The monoisotopic (exact) mass is 484 g/mol. The van der Waals surface area contributed by atoms with Gasteiger partial charge in [0.15, 0.2) is 11.0 Å². The molecule has 0 bridgehead atoms. The smallest absolute Gasteiger partial charge is 0.233 e. The van der Waals surface area contributed by atoms with Crippen LogP contribution in [0.1, 0.15) is 31.2 Å². The zero-order chi connectivity index (χ0) is 23.4. The third kappa shape index (κ3) is 5.64. The van der Waals surface area contributed by atoms with Crippen molar-refractivity contribution in [1.29, 1.82) is 0 Å². The van der Waals surface area contributed by atoms with Gasteiger partial charge in [-0.15, -0.1) is 10.2 Å². The van der Waals surface area contributed by atoms with Gasteiger partial charge in [0.05, 0.1) is 24.1 Å². The molecule has 6 nitrogen and oxygen atoms in total. The molecule has 0 fully saturated rings. The molecule has 2 atom stereocenters. The summed E-state index contributed by atoms with van der Waals surface area (Å²) < 4.78 is 20.6. The number of hydrogen-bond acceptors (Lipinski definition) is 5. The average molecular weight is 485 g/mol. The first-order valence-electron chi connectivity index (χ1n) is 10.3. The zero-order valence-corrected chi connectivity index (χ0v) is 19.6. The average Bonchev–Trinajstić information content (AvgIpc) is 3.45. The van der Waals surface area contributed by atoms with Crippen molar-refractivity contribution in [2.45, 2.75) is 36.8 Å². The Morgan fingerprint density at radius 2 is 1.85 bits per heavy atom. The molecule has 33 heavy (non-hydrogen) atoms. The molecule has 0 spiro atoms. The van der Waals surface area contributed by atoms with Crippen molar-refractivity contribution < 1.29 is 13.6 Å². The number of thioether (sulfide) groups is 1. The fraction of sp³-hybridized carbons (Fsp3) is 0.208. The summed E-state index contributed by atoms with van der Waals surface area (Å²) in [6.45, 7) is 4.09. The number of aromatic nitrogens is 3. The van der Waals surface area contributed by atoms with Crippen LogP contribution in [0.3, 0.4) is 0 Å². The number of nitrogens with one attached hydrogen (secondary N) is 1. The molecule has 4 aromatic rings. The number of hydrogen-bond donors (Lipinski definition) is 1. The summed E-state index contributed by atoms with van der Waals surface area (Å²) in [4.78, 5) is 12.8. The van der Waals surface area contributed by atoms with E-state index >= 15 is 0 Å². The van der Waals surface area contributed by atoms with Gasteiger partial charge in [-0.3, -0.25) is 9.36 Å². The lowest BCUT2D eigenvalue weighted by molar-refractivity contribution is -0.120. The third-order valence-corrected chi connectivity index (χ3v) is 6.43. The van der Waals surface area contributed by atoms with Gasteiger partial charge in [0.1, 0.15) is 11.6 Å². The Labute approximate surface area is 200 Å². The van der Waals surface area contributed by atoms with Crippen molar-refractivity contribution in [2.24, 2.45) is 0 Å². The van der Waals surface area contributed by atoms with Crippen LogP contribution in [0.5, 0.6) is 0 Å². The molecule has 9 heteroatoms. The number of carbonyl (C=O) groups excluding carboxylic acids is 1. The number of carbonyl (C=O) groups is 1. The highest BCUT2D eigenvalue weighted by atomic mass is 35.5. The molecule has 0 saturated heterocycles. The van der Waals surface area contributed by atoms with Crippen LogP contribution in [0.25, 0.3) is 11.4 Å². The lowest BCUT2D eigenvalue weighted by Gasteiger charge is -2.18. The third-order valence-electron chi connectivity index (χ3n) is 5.09. The van der Waals surface area contributed by atoms with Crippen molar-refractivity contribution in [3.63, 3.8) is 0 Å². The molecule has 0 radical (unpaired) electrons. The molecule has 0 aliphatic heterocycles. The maximum Gasteiger partial charge on any atom is 0.233 e. The van der Waals surface area contributed by atoms with Crippen LogP contribution < -0.4 is 5.32 Å². The van der Waals surface area contributed by atoms with E-state index in [-0.39, 0.29) is 17.8 Å². The Morgan fingerprint density at radius 1 is 1.12 bits per heavy atom. The zero-order valence-electron chi connectivity index (χ0n) is 18.0. The van der Waals surface area contributed by atoms with Crippen LogP contribution in [0.15, 0.2) is 76.5 Å². The van der Waals surface area contributed by atoms with E-state index in [2.05, 4.69) is 15.5 Å². The Morgan fingerprint density at radius 3 is 2.52 bits per heavy atom. The minimum atomic E-state index is -0.439. The molecule has 1 N–H and O–H groups in total. The molecule has 4 rings (SSSR count). The van der Waals surface area contributed by atoms with E-state index in [1.807, 2.05) is 42.7 Å². The van der Waals surface area contributed by atoms with E-state index in [1.54, 1.807) is 30.5 Å². The van der Waals surface area contributed by atoms with Crippen LogP contribution in [0.4, 0.5) is 4.39 Å². The minimum absolute atomic E-state index is 0.155. The highest BCUT2D eigenvalue weighted by Crippen LogP contribution is 2.29. The van der Waals surface area contributed by atoms with Gasteiger partial charge in [-0.1, -0.05) is 35.5 Å². The number of halogens is 2. The standard InChI is InChI=1S/C24H22ClFN4O2S/c1-15(17-7-11-20(26)12-8-17)27-23(31)16(2)33-24-29-28-22(18-5-9-19(25)10-6-18)30(24)14-21-4-3-13-32-21/h3-13,15-16H,14H2,1-2H3,(H,27,31). The Balaban J connectivity index is 1.53. The summed E-state index contributed by atoms with van der Waals surface area (Å²) in [7, 11) is 0. The van der Waals surface area contributed by atoms with Crippen LogP contribution in [0.2, 0.25) is 5.02 Å². The van der Waals surface area contributed by atoms with Crippen LogP contribution in [0, 0.1) is 5.82 Å². The summed E-state index contributed by atoms with van der Waals surface area (Å²) >= 11 is 7.34. The number of rotatable bonds is 8.